The average Bonchev–Trinajstić information content (AvgIpc) is 2.36. The van der Waals surface area contributed by atoms with Crippen LogP contribution in [0, 0.1) is 6.33 Å². The van der Waals surface area contributed by atoms with Gasteiger partial charge in [0.15, 0.2) is 10.8 Å². The second kappa shape index (κ2) is 1.91. The van der Waals surface area contributed by atoms with Crippen LogP contribution in [-0.2, 0) is 0 Å². The maximum atomic E-state index is 5.63. The number of halogens is 1. The first kappa shape index (κ1) is 5.61. The molecule has 0 saturated carbocycles. The highest BCUT2D eigenvalue weighted by Gasteiger charge is 2.01. The van der Waals surface area contributed by atoms with Crippen molar-refractivity contribution in [1.29, 1.82) is 0 Å². The van der Waals surface area contributed by atoms with Gasteiger partial charge < -0.3 is 4.98 Å². The smallest absolute Gasteiger partial charge is 0.201 e. The van der Waals surface area contributed by atoms with E-state index in [1.807, 2.05) is 0 Å². The van der Waals surface area contributed by atoms with Gasteiger partial charge in [0.05, 0.1) is 6.33 Å². The third-order valence-corrected chi connectivity index (χ3v) is 1.39. The fourth-order valence-corrected chi connectivity index (χ4v) is 0.872. The third kappa shape index (κ3) is 0.657. The van der Waals surface area contributed by atoms with Crippen molar-refractivity contribution in [2.45, 2.75) is 0 Å². The van der Waals surface area contributed by atoms with Gasteiger partial charge in [0.25, 0.3) is 0 Å². The fraction of sp³-hybridized carbons (Fsp3) is 0. The summed E-state index contributed by atoms with van der Waals surface area (Å²) in [6, 6.07) is 0. The van der Waals surface area contributed by atoms with Crippen LogP contribution in [0.2, 0.25) is 5.15 Å². The lowest BCUT2D eigenvalue weighted by Crippen LogP contribution is -1.81. The van der Waals surface area contributed by atoms with E-state index >= 15 is 0 Å². The molecule has 0 unspecified atom stereocenters. The first-order chi connectivity index (χ1) is 4.88. The largest absolute Gasteiger partial charge is 0.329 e. The molecule has 0 aliphatic rings. The molecule has 2 aromatic heterocycles. The Balaban J connectivity index is 2.95. The lowest BCUT2D eigenvalue weighted by Gasteiger charge is -1.85. The summed E-state index contributed by atoms with van der Waals surface area (Å²) in [7, 11) is 0. The molecule has 0 aliphatic carbocycles. The molecule has 0 aliphatic heterocycles. The summed E-state index contributed by atoms with van der Waals surface area (Å²) in [4.78, 5) is 14.1. The summed E-state index contributed by atoms with van der Waals surface area (Å²) in [5, 5.41) is 0.325. The molecular formula is C5H2ClN4. The minimum atomic E-state index is 0.325. The Kier molecular flexibility index (Phi) is 1.07. The van der Waals surface area contributed by atoms with Gasteiger partial charge in [0, 0.05) is 0 Å². The molecule has 5 heteroatoms. The van der Waals surface area contributed by atoms with Crippen LogP contribution in [0.4, 0.5) is 0 Å². The van der Waals surface area contributed by atoms with Gasteiger partial charge in [-0.15, -0.1) is 0 Å². The van der Waals surface area contributed by atoms with Crippen molar-refractivity contribution in [2.75, 3.05) is 0 Å². The highest BCUT2D eigenvalue weighted by molar-refractivity contribution is 6.33. The lowest BCUT2D eigenvalue weighted by molar-refractivity contribution is 1.18. The van der Waals surface area contributed by atoms with Gasteiger partial charge in [-0.1, -0.05) is 11.6 Å². The first-order valence-corrected chi connectivity index (χ1v) is 2.98. The summed E-state index contributed by atoms with van der Waals surface area (Å²) < 4.78 is 0. The van der Waals surface area contributed by atoms with E-state index in [0.29, 0.717) is 16.3 Å². The SMILES string of the molecule is Clc1n[c]nc2[nH]cnc12. The number of aromatic amines is 1. The molecule has 4 nitrogen and oxygen atoms in total. The first-order valence-electron chi connectivity index (χ1n) is 2.60. The summed E-state index contributed by atoms with van der Waals surface area (Å²) in [5.74, 6) is 0. The predicted octanol–water partition coefficient (Wildman–Crippen LogP) is 0.806. The zero-order chi connectivity index (χ0) is 6.97. The van der Waals surface area contributed by atoms with Crippen molar-refractivity contribution in [3.8, 4) is 0 Å². The average molecular weight is 154 g/mol. The van der Waals surface area contributed by atoms with E-state index in [1.165, 1.54) is 6.33 Å². The van der Waals surface area contributed by atoms with Crippen LogP contribution >= 0.6 is 11.6 Å². The summed E-state index contributed by atoms with van der Waals surface area (Å²) >= 11 is 5.63. The minimum absolute atomic E-state index is 0.325. The van der Waals surface area contributed by atoms with Crippen molar-refractivity contribution in [3.63, 3.8) is 0 Å². The van der Waals surface area contributed by atoms with Crippen LogP contribution in [0.15, 0.2) is 6.33 Å². The summed E-state index contributed by atoms with van der Waals surface area (Å²) in [5.41, 5.74) is 1.19. The molecule has 0 saturated heterocycles. The van der Waals surface area contributed by atoms with Gasteiger partial charge in [0.2, 0.25) is 6.33 Å². The fourth-order valence-electron chi connectivity index (χ4n) is 0.696. The Morgan fingerprint density at radius 3 is 3.20 bits per heavy atom. The van der Waals surface area contributed by atoms with Crippen molar-refractivity contribution in [3.05, 3.63) is 17.8 Å². The number of rotatable bonds is 0. The number of imidazole rings is 1. The number of nitrogens with one attached hydrogen (secondary N) is 1. The van der Waals surface area contributed by atoms with E-state index in [1.54, 1.807) is 0 Å². The zero-order valence-electron chi connectivity index (χ0n) is 4.80. The van der Waals surface area contributed by atoms with Gasteiger partial charge in [-0.05, 0) is 0 Å². The second-order valence-electron chi connectivity index (χ2n) is 1.71. The van der Waals surface area contributed by atoms with Crippen LogP contribution in [0.3, 0.4) is 0 Å². The Morgan fingerprint density at radius 1 is 1.50 bits per heavy atom. The topological polar surface area (TPSA) is 54.5 Å². The van der Waals surface area contributed by atoms with Crippen molar-refractivity contribution in [1.82, 2.24) is 19.9 Å². The predicted molar refractivity (Wildman–Crippen MR) is 35.5 cm³/mol. The second-order valence-corrected chi connectivity index (χ2v) is 2.07. The summed E-state index contributed by atoms with van der Waals surface area (Å²) in [6.07, 6.45) is 3.90. The maximum absolute atomic E-state index is 5.63. The monoisotopic (exact) mass is 153 g/mol. The molecule has 1 N–H and O–H groups in total. The van der Waals surface area contributed by atoms with E-state index in [-0.39, 0.29) is 0 Å². The van der Waals surface area contributed by atoms with Crippen LogP contribution in [-0.4, -0.2) is 19.9 Å². The molecule has 1 radical (unpaired) electrons. The number of nitrogens with zero attached hydrogens (tertiary/aromatic N) is 3. The van der Waals surface area contributed by atoms with Gasteiger partial charge in [-0.2, -0.15) is 0 Å². The molecule has 0 bridgehead atoms. The van der Waals surface area contributed by atoms with E-state index in [4.69, 9.17) is 11.6 Å². The highest BCUT2D eigenvalue weighted by Crippen LogP contribution is 2.12. The number of aromatic nitrogens is 4. The highest BCUT2D eigenvalue weighted by atomic mass is 35.5. The molecule has 10 heavy (non-hydrogen) atoms. The number of H-pyrrole nitrogens is 1. The molecule has 49 valence electrons. The van der Waals surface area contributed by atoms with E-state index in [2.05, 4.69) is 26.3 Å². The van der Waals surface area contributed by atoms with Gasteiger partial charge in [-0.25, -0.2) is 15.0 Å². The van der Waals surface area contributed by atoms with Crippen molar-refractivity contribution in [2.24, 2.45) is 0 Å². The molecule has 0 fully saturated rings. The Morgan fingerprint density at radius 2 is 2.40 bits per heavy atom. The van der Waals surface area contributed by atoms with Gasteiger partial charge in [0.1, 0.15) is 5.52 Å². The van der Waals surface area contributed by atoms with Crippen LogP contribution in [0.5, 0.6) is 0 Å². The van der Waals surface area contributed by atoms with Crippen LogP contribution < -0.4 is 0 Å². The standard InChI is InChI=1S/C5H2ClN4/c6-4-3-5(9-1-7-3)10-2-8-4/h1H,(H,7,8,9,10). The number of hydrogen-bond acceptors (Lipinski definition) is 3. The Labute approximate surface area is 61.3 Å². The van der Waals surface area contributed by atoms with Crippen molar-refractivity contribution < 1.29 is 0 Å². The molecule has 0 amide bonds. The molecule has 0 atom stereocenters. The molecule has 2 heterocycles. The van der Waals surface area contributed by atoms with E-state index in [0.717, 1.165) is 0 Å². The number of fused-ring (bicyclic) bond motifs is 1. The lowest BCUT2D eigenvalue weighted by atomic mass is 10.6. The Bertz CT molecular complexity index is 355. The molecule has 0 aromatic carbocycles. The van der Waals surface area contributed by atoms with Gasteiger partial charge >= 0.3 is 0 Å². The summed E-state index contributed by atoms with van der Waals surface area (Å²) in [6.45, 7) is 0. The van der Waals surface area contributed by atoms with Crippen LogP contribution in [0.25, 0.3) is 11.2 Å². The third-order valence-electron chi connectivity index (χ3n) is 1.12. The quantitative estimate of drug-likeness (QED) is 0.570. The van der Waals surface area contributed by atoms with Crippen molar-refractivity contribution >= 4 is 22.8 Å². The number of hydrogen-bond donors (Lipinski definition) is 1. The Hall–Kier alpha value is -1.16. The molecule has 2 aromatic rings. The minimum Gasteiger partial charge on any atom is -0.329 e. The van der Waals surface area contributed by atoms with E-state index in [9.17, 15) is 0 Å². The zero-order valence-corrected chi connectivity index (χ0v) is 5.55. The normalized spacial score (nSPS) is 10.5. The molecule has 0 spiro atoms. The van der Waals surface area contributed by atoms with E-state index < -0.39 is 0 Å². The molecular weight excluding hydrogens is 152 g/mol. The maximum Gasteiger partial charge on any atom is 0.201 e. The van der Waals surface area contributed by atoms with Crippen LogP contribution in [0.1, 0.15) is 0 Å². The molecule has 2 rings (SSSR count). The van der Waals surface area contributed by atoms with Gasteiger partial charge in [-0.3, -0.25) is 0 Å².